The second kappa shape index (κ2) is 7.05. The number of thiazole rings is 1. The van der Waals surface area contributed by atoms with Crippen molar-refractivity contribution in [2.24, 2.45) is 0 Å². The first-order valence-electron chi connectivity index (χ1n) is 7.07. The average molecular weight is 357 g/mol. The van der Waals surface area contributed by atoms with Gasteiger partial charge >= 0.3 is 5.97 Å². The summed E-state index contributed by atoms with van der Waals surface area (Å²) in [7, 11) is 0. The maximum absolute atomic E-state index is 12.1. The molecule has 0 unspecified atom stereocenters. The second-order valence-electron chi connectivity index (χ2n) is 4.86. The minimum Gasteiger partial charge on any atom is -0.452 e. The summed E-state index contributed by atoms with van der Waals surface area (Å²) >= 11 is 1.24. The Balaban J connectivity index is 1.62. The summed E-state index contributed by atoms with van der Waals surface area (Å²) in [6.07, 6.45) is 3.83. The van der Waals surface area contributed by atoms with Crippen molar-refractivity contribution >= 4 is 45.8 Å². The molecule has 0 aliphatic carbocycles. The first-order chi connectivity index (χ1) is 12.0. The lowest BCUT2D eigenvalue weighted by Crippen LogP contribution is -2.29. The van der Waals surface area contributed by atoms with E-state index in [-0.39, 0.29) is 11.3 Å². The van der Waals surface area contributed by atoms with E-state index in [1.807, 2.05) is 0 Å². The van der Waals surface area contributed by atoms with Crippen molar-refractivity contribution in [1.29, 1.82) is 0 Å². The number of nitrogens with one attached hydrogen (secondary N) is 1. The van der Waals surface area contributed by atoms with Crippen LogP contribution in [-0.2, 0) is 19.1 Å². The monoisotopic (exact) mass is 357 g/mol. The zero-order valence-corrected chi connectivity index (χ0v) is 13.5. The van der Waals surface area contributed by atoms with Gasteiger partial charge in [-0.15, -0.1) is 11.3 Å². The van der Waals surface area contributed by atoms with Crippen molar-refractivity contribution in [2.45, 2.75) is 0 Å². The Morgan fingerprint density at radius 1 is 1.20 bits per heavy atom. The fourth-order valence-electron chi connectivity index (χ4n) is 2.08. The highest BCUT2D eigenvalue weighted by molar-refractivity contribution is 7.13. The van der Waals surface area contributed by atoms with Crippen LogP contribution in [0.5, 0.6) is 0 Å². The van der Waals surface area contributed by atoms with Crippen molar-refractivity contribution < 1.29 is 23.9 Å². The number of carbonyl (C=O) groups excluding carboxylic acids is 4. The van der Waals surface area contributed by atoms with Crippen LogP contribution >= 0.6 is 11.3 Å². The summed E-state index contributed by atoms with van der Waals surface area (Å²) < 4.78 is 4.93. The van der Waals surface area contributed by atoms with E-state index < -0.39 is 30.3 Å². The van der Waals surface area contributed by atoms with Gasteiger partial charge < -0.3 is 4.74 Å². The highest BCUT2D eigenvalue weighted by atomic mass is 32.1. The van der Waals surface area contributed by atoms with Gasteiger partial charge in [0.15, 0.2) is 11.7 Å². The molecule has 2 aromatic rings. The van der Waals surface area contributed by atoms with Crippen LogP contribution in [0.15, 0.2) is 48.0 Å². The molecule has 0 spiro atoms. The molecule has 0 saturated heterocycles. The SMILES string of the molecule is O=C(COC(=O)c1cccc(N2C(=O)C=CC2=O)c1)Nc1nccs1. The maximum Gasteiger partial charge on any atom is 0.338 e. The maximum atomic E-state index is 12.1. The molecule has 3 amide bonds. The number of ether oxygens (including phenoxy) is 1. The molecule has 0 radical (unpaired) electrons. The van der Waals surface area contributed by atoms with Crippen LogP contribution in [-0.4, -0.2) is 35.3 Å². The van der Waals surface area contributed by atoms with Crippen LogP contribution in [0.4, 0.5) is 10.8 Å². The van der Waals surface area contributed by atoms with Crippen LogP contribution < -0.4 is 10.2 Å². The third kappa shape index (κ3) is 3.78. The number of amides is 3. The molecule has 8 nitrogen and oxygen atoms in total. The third-order valence-electron chi connectivity index (χ3n) is 3.16. The molecule has 0 saturated carbocycles. The predicted octanol–water partition coefficient (Wildman–Crippen LogP) is 1.37. The minimum absolute atomic E-state index is 0.118. The van der Waals surface area contributed by atoms with Gasteiger partial charge in [0.2, 0.25) is 0 Å². The molecule has 1 aromatic carbocycles. The fraction of sp³-hybridized carbons (Fsp3) is 0.0625. The van der Waals surface area contributed by atoms with Crippen molar-refractivity contribution in [3.63, 3.8) is 0 Å². The largest absolute Gasteiger partial charge is 0.452 e. The molecule has 25 heavy (non-hydrogen) atoms. The Labute approximate surface area is 145 Å². The van der Waals surface area contributed by atoms with E-state index in [4.69, 9.17) is 4.74 Å². The number of nitrogens with zero attached hydrogens (tertiary/aromatic N) is 2. The van der Waals surface area contributed by atoms with E-state index in [1.54, 1.807) is 5.38 Å². The lowest BCUT2D eigenvalue weighted by Gasteiger charge is -2.14. The number of anilines is 2. The van der Waals surface area contributed by atoms with E-state index in [0.717, 1.165) is 17.1 Å². The number of esters is 1. The summed E-state index contributed by atoms with van der Waals surface area (Å²) in [6, 6.07) is 5.85. The number of hydrogen-bond acceptors (Lipinski definition) is 7. The molecule has 1 N–H and O–H groups in total. The number of carbonyl (C=O) groups is 4. The van der Waals surface area contributed by atoms with Gasteiger partial charge in [-0.05, 0) is 18.2 Å². The quantitative estimate of drug-likeness (QED) is 0.640. The molecule has 9 heteroatoms. The van der Waals surface area contributed by atoms with E-state index in [9.17, 15) is 19.2 Å². The Morgan fingerprint density at radius 2 is 1.96 bits per heavy atom. The summed E-state index contributed by atoms with van der Waals surface area (Å²) in [5, 5.41) is 4.58. The molecule has 0 atom stereocenters. The Kier molecular flexibility index (Phi) is 4.66. The van der Waals surface area contributed by atoms with Gasteiger partial charge in [-0.2, -0.15) is 0 Å². The average Bonchev–Trinajstić information content (AvgIpc) is 3.22. The highest BCUT2D eigenvalue weighted by Crippen LogP contribution is 2.20. The van der Waals surface area contributed by atoms with Gasteiger partial charge in [0.1, 0.15) is 0 Å². The molecule has 1 aliphatic rings. The molecule has 0 bridgehead atoms. The molecular formula is C16H11N3O5S. The Bertz CT molecular complexity index is 858. The van der Waals surface area contributed by atoms with E-state index in [1.165, 1.54) is 41.8 Å². The number of benzene rings is 1. The normalized spacial score (nSPS) is 13.2. The molecule has 1 aromatic heterocycles. The zero-order valence-electron chi connectivity index (χ0n) is 12.7. The van der Waals surface area contributed by atoms with Gasteiger partial charge in [0, 0.05) is 23.7 Å². The van der Waals surface area contributed by atoms with Crippen molar-refractivity contribution in [3.8, 4) is 0 Å². The van der Waals surface area contributed by atoms with E-state index >= 15 is 0 Å². The highest BCUT2D eigenvalue weighted by Gasteiger charge is 2.25. The second-order valence-corrected chi connectivity index (χ2v) is 5.75. The van der Waals surface area contributed by atoms with Gasteiger partial charge in [-0.3, -0.25) is 19.7 Å². The van der Waals surface area contributed by atoms with Crippen LogP contribution in [0.1, 0.15) is 10.4 Å². The summed E-state index contributed by atoms with van der Waals surface area (Å²) in [6.45, 7) is -0.480. The van der Waals surface area contributed by atoms with E-state index in [0.29, 0.717) is 5.13 Å². The number of rotatable bonds is 5. The first-order valence-corrected chi connectivity index (χ1v) is 7.95. The predicted molar refractivity (Wildman–Crippen MR) is 89.1 cm³/mol. The number of aromatic nitrogens is 1. The lowest BCUT2D eigenvalue weighted by molar-refractivity contribution is -0.120. The van der Waals surface area contributed by atoms with Crippen LogP contribution in [0.25, 0.3) is 0 Å². The zero-order chi connectivity index (χ0) is 17.8. The first kappa shape index (κ1) is 16.5. The number of hydrogen-bond donors (Lipinski definition) is 1. The van der Waals surface area contributed by atoms with Crippen LogP contribution in [0.3, 0.4) is 0 Å². The number of imide groups is 1. The molecule has 126 valence electrons. The summed E-state index contributed by atoms with van der Waals surface area (Å²) in [5.41, 5.74) is 0.369. The smallest absolute Gasteiger partial charge is 0.338 e. The van der Waals surface area contributed by atoms with Crippen molar-refractivity contribution in [2.75, 3.05) is 16.8 Å². The summed E-state index contributed by atoms with van der Waals surface area (Å²) in [5.74, 6) is -2.24. The van der Waals surface area contributed by atoms with Gasteiger partial charge in [-0.1, -0.05) is 6.07 Å². The molecule has 2 heterocycles. The Hall–Kier alpha value is -3.33. The van der Waals surface area contributed by atoms with Gasteiger partial charge in [0.25, 0.3) is 17.7 Å². The topological polar surface area (TPSA) is 106 Å². The van der Waals surface area contributed by atoms with Gasteiger partial charge in [-0.25, -0.2) is 14.7 Å². The third-order valence-corrected chi connectivity index (χ3v) is 3.85. The Morgan fingerprint density at radius 3 is 2.64 bits per heavy atom. The van der Waals surface area contributed by atoms with Crippen molar-refractivity contribution in [1.82, 2.24) is 4.98 Å². The van der Waals surface area contributed by atoms with Crippen LogP contribution in [0, 0.1) is 0 Å². The van der Waals surface area contributed by atoms with E-state index in [2.05, 4.69) is 10.3 Å². The fourth-order valence-corrected chi connectivity index (χ4v) is 2.63. The molecule has 0 fully saturated rings. The minimum atomic E-state index is -0.747. The van der Waals surface area contributed by atoms with Crippen LogP contribution in [0.2, 0.25) is 0 Å². The van der Waals surface area contributed by atoms with Gasteiger partial charge in [0.05, 0.1) is 11.3 Å². The molecule has 1 aliphatic heterocycles. The standard InChI is InChI=1S/C16H11N3O5S/c20-12(18-16-17-6-7-25-16)9-24-15(23)10-2-1-3-11(8-10)19-13(21)4-5-14(19)22/h1-8H,9H2,(H,17,18,20). The summed E-state index contributed by atoms with van der Waals surface area (Å²) in [4.78, 5) is 51.9. The molecular weight excluding hydrogens is 346 g/mol. The molecule has 3 rings (SSSR count). The van der Waals surface area contributed by atoms with Crippen molar-refractivity contribution in [3.05, 3.63) is 53.6 Å². The lowest BCUT2D eigenvalue weighted by atomic mass is 10.2.